The third kappa shape index (κ3) is 4.82. The van der Waals surface area contributed by atoms with Crippen LogP contribution in [0.1, 0.15) is 20.3 Å². The molecule has 0 aliphatic carbocycles. The largest absolute Gasteiger partial charge is 0.369 e. The fourth-order valence-corrected chi connectivity index (χ4v) is 1.51. The van der Waals surface area contributed by atoms with Crippen LogP contribution in [0.4, 0.5) is 0 Å². The van der Waals surface area contributed by atoms with E-state index in [9.17, 15) is 4.79 Å². The molecule has 1 fully saturated rings. The number of likely N-dealkylation sites (N-methyl/N-ethyl adjacent to an activating group) is 1. The Bertz CT molecular complexity index is 194. The minimum absolute atomic E-state index is 0. The van der Waals surface area contributed by atoms with Gasteiger partial charge in [-0.1, -0.05) is 0 Å². The fraction of sp³-hybridized carbons (Fsp3) is 0.900. The highest BCUT2D eigenvalue weighted by Gasteiger charge is 2.22. The smallest absolute Gasteiger partial charge is 0.248 e. The van der Waals surface area contributed by atoms with E-state index in [1.807, 2.05) is 20.9 Å². The number of nitrogens with zero attached hydrogens (tertiary/aromatic N) is 1. The quantitative estimate of drug-likeness (QED) is 0.780. The predicted molar refractivity (Wildman–Crippen MR) is 62.4 cm³/mol. The van der Waals surface area contributed by atoms with Gasteiger partial charge < -0.3 is 15.0 Å². The highest BCUT2D eigenvalue weighted by atomic mass is 35.5. The number of hydrogen-bond acceptors (Lipinski definition) is 3. The molecule has 1 heterocycles. The standard InChI is InChI=1S/C10H20N2O2.ClH/c1-8(2)14-7-10(13)12(3)9-4-5-11-6-9;/h8-9,11H,4-7H2,1-3H3;1H. The lowest BCUT2D eigenvalue weighted by molar-refractivity contribution is -0.138. The summed E-state index contributed by atoms with van der Waals surface area (Å²) < 4.78 is 5.27. The van der Waals surface area contributed by atoms with E-state index in [1.54, 1.807) is 4.90 Å². The first-order valence-corrected chi connectivity index (χ1v) is 5.19. The molecule has 0 radical (unpaired) electrons. The van der Waals surface area contributed by atoms with Crippen molar-refractivity contribution < 1.29 is 9.53 Å². The Labute approximate surface area is 97.8 Å². The molecule has 1 N–H and O–H groups in total. The average Bonchev–Trinajstić information content (AvgIpc) is 2.65. The lowest BCUT2D eigenvalue weighted by Crippen LogP contribution is -2.40. The molecular weight excluding hydrogens is 216 g/mol. The summed E-state index contributed by atoms with van der Waals surface area (Å²) >= 11 is 0. The Kier molecular flexibility index (Phi) is 6.89. The van der Waals surface area contributed by atoms with Gasteiger partial charge in [-0.3, -0.25) is 4.79 Å². The van der Waals surface area contributed by atoms with Crippen LogP contribution in [0.15, 0.2) is 0 Å². The third-order valence-electron chi connectivity index (χ3n) is 2.52. The van der Waals surface area contributed by atoms with Gasteiger partial charge in [0.15, 0.2) is 0 Å². The maximum atomic E-state index is 11.6. The highest BCUT2D eigenvalue weighted by Crippen LogP contribution is 2.06. The van der Waals surface area contributed by atoms with E-state index in [4.69, 9.17) is 4.74 Å². The molecule has 0 aromatic carbocycles. The molecule has 0 aromatic rings. The zero-order valence-corrected chi connectivity index (χ0v) is 10.5. The first-order chi connectivity index (χ1) is 6.61. The molecule has 5 heteroatoms. The summed E-state index contributed by atoms with van der Waals surface area (Å²) in [5.41, 5.74) is 0. The molecule has 90 valence electrons. The number of hydrogen-bond donors (Lipinski definition) is 1. The van der Waals surface area contributed by atoms with Crippen molar-refractivity contribution in [3.8, 4) is 0 Å². The van der Waals surface area contributed by atoms with Crippen LogP contribution in [0.3, 0.4) is 0 Å². The number of halogens is 1. The van der Waals surface area contributed by atoms with Gasteiger partial charge in [0.1, 0.15) is 6.61 Å². The Balaban J connectivity index is 0.00000196. The molecule has 0 spiro atoms. The predicted octanol–water partition coefficient (Wildman–Crippen LogP) is 0.653. The summed E-state index contributed by atoms with van der Waals surface area (Å²) in [5.74, 6) is 0.0763. The number of carbonyl (C=O) groups is 1. The SMILES string of the molecule is CC(C)OCC(=O)N(C)C1CCNC1.Cl. The maximum absolute atomic E-state index is 11.6. The van der Waals surface area contributed by atoms with Crippen molar-refractivity contribution in [3.63, 3.8) is 0 Å². The van der Waals surface area contributed by atoms with Gasteiger partial charge in [-0.2, -0.15) is 0 Å². The Morgan fingerprint density at radius 1 is 1.60 bits per heavy atom. The van der Waals surface area contributed by atoms with Crippen molar-refractivity contribution in [2.75, 3.05) is 26.7 Å². The molecule has 1 amide bonds. The monoisotopic (exact) mass is 236 g/mol. The topological polar surface area (TPSA) is 41.6 Å². The van der Waals surface area contributed by atoms with Crippen molar-refractivity contribution in [1.82, 2.24) is 10.2 Å². The molecule has 0 bridgehead atoms. The second-order valence-electron chi connectivity index (χ2n) is 4.01. The van der Waals surface area contributed by atoms with E-state index >= 15 is 0 Å². The van der Waals surface area contributed by atoms with Gasteiger partial charge in [-0.05, 0) is 26.8 Å². The molecule has 1 saturated heterocycles. The van der Waals surface area contributed by atoms with Crippen molar-refractivity contribution in [3.05, 3.63) is 0 Å². The van der Waals surface area contributed by atoms with E-state index < -0.39 is 0 Å². The van der Waals surface area contributed by atoms with Crippen LogP contribution in [0.25, 0.3) is 0 Å². The first-order valence-electron chi connectivity index (χ1n) is 5.19. The summed E-state index contributed by atoms with van der Waals surface area (Å²) in [6, 6.07) is 0.346. The summed E-state index contributed by atoms with van der Waals surface area (Å²) in [5, 5.41) is 3.24. The fourth-order valence-electron chi connectivity index (χ4n) is 1.51. The molecule has 1 rings (SSSR count). The van der Waals surface area contributed by atoms with E-state index in [0.29, 0.717) is 6.04 Å². The van der Waals surface area contributed by atoms with Gasteiger partial charge in [0.05, 0.1) is 6.10 Å². The highest BCUT2D eigenvalue weighted by molar-refractivity contribution is 5.85. The number of nitrogens with one attached hydrogen (secondary N) is 1. The number of ether oxygens (including phenoxy) is 1. The van der Waals surface area contributed by atoms with Crippen molar-refractivity contribution in [2.45, 2.75) is 32.4 Å². The molecule has 1 atom stereocenters. The van der Waals surface area contributed by atoms with Gasteiger partial charge in [-0.15, -0.1) is 12.4 Å². The van der Waals surface area contributed by atoms with Crippen LogP contribution in [-0.4, -0.2) is 49.7 Å². The van der Waals surface area contributed by atoms with Crippen molar-refractivity contribution in [2.24, 2.45) is 0 Å². The molecule has 4 nitrogen and oxygen atoms in total. The van der Waals surface area contributed by atoms with Gasteiger partial charge in [0.2, 0.25) is 5.91 Å². The molecule has 15 heavy (non-hydrogen) atoms. The van der Waals surface area contributed by atoms with Gasteiger partial charge >= 0.3 is 0 Å². The van der Waals surface area contributed by atoms with Crippen LogP contribution < -0.4 is 5.32 Å². The molecule has 1 aliphatic rings. The average molecular weight is 237 g/mol. The Hall–Kier alpha value is -0.320. The molecule has 1 aliphatic heterocycles. The normalized spacial score (nSPS) is 20.1. The van der Waals surface area contributed by atoms with Crippen LogP contribution in [-0.2, 0) is 9.53 Å². The van der Waals surface area contributed by atoms with Gasteiger partial charge in [0, 0.05) is 19.6 Å². The number of carbonyl (C=O) groups excluding carboxylic acids is 1. The Morgan fingerprint density at radius 3 is 2.73 bits per heavy atom. The lowest BCUT2D eigenvalue weighted by atomic mass is 10.2. The van der Waals surface area contributed by atoms with E-state index in [2.05, 4.69) is 5.32 Å². The van der Waals surface area contributed by atoms with Crippen LogP contribution in [0.2, 0.25) is 0 Å². The maximum Gasteiger partial charge on any atom is 0.248 e. The molecule has 0 saturated carbocycles. The summed E-state index contributed by atoms with van der Waals surface area (Å²) in [6.07, 6.45) is 1.17. The number of amides is 1. The summed E-state index contributed by atoms with van der Waals surface area (Å²) in [4.78, 5) is 13.4. The van der Waals surface area contributed by atoms with Crippen LogP contribution in [0, 0.1) is 0 Å². The minimum Gasteiger partial charge on any atom is -0.369 e. The molecule has 0 aromatic heterocycles. The second-order valence-corrected chi connectivity index (χ2v) is 4.01. The molecule has 1 unspecified atom stereocenters. The third-order valence-corrected chi connectivity index (χ3v) is 2.52. The van der Waals surface area contributed by atoms with Crippen LogP contribution in [0.5, 0.6) is 0 Å². The summed E-state index contributed by atoms with van der Waals surface area (Å²) in [7, 11) is 1.85. The van der Waals surface area contributed by atoms with E-state index in [-0.39, 0.29) is 31.0 Å². The van der Waals surface area contributed by atoms with Crippen molar-refractivity contribution >= 4 is 18.3 Å². The van der Waals surface area contributed by atoms with Gasteiger partial charge in [0.25, 0.3) is 0 Å². The lowest BCUT2D eigenvalue weighted by Gasteiger charge is -2.24. The van der Waals surface area contributed by atoms with Gasteiger partial charge in [-0.25, -0.2) is 0 Å². The van der Waals surface area contributed by atoms with Crippen molar-refractivity contribution in [1.29, 1.82) is 0 Å². The number of rotatable bonds is 4. The van der Waals surface area contributed by atoms with E-state index in [0.717, 1.165) is 19.5 Å². The van der Waals surface area contributed by atoms with Crippen LogP contribution >= 0.6 is 12.4 Å². The zero-order valence-electron chi connectivity index (χ0n) is 9.66. The minimum atomic E-state index is 0. The zero-order chi connectivity index (χ0) is 10.6. The first kappa shape index (κ1) is 14.7. The molecular formula is C10H21ClN2O2. The summed E-state index contributed by atoms with van der Waals surface area (Å²) in [6.45, 7) is 5.98. The van der Waals surface area contributed by atoms with E-state index in [1.165, 1.54) is 0 Å². The Morgan fingerprint density at radius 2 is 2.27 bits per heavy atom. The second kappa shape index (κ2) is 7.04.